The summed E-state index contributed by atoms with van der Waals surface area (Å²) in [5.41, 5.74) is 0.886. The van der Waals surface area contributed by atoms with E-state index in [1.165, 1.54) is 18.3 Å². The summed E-state index contributed by atoms with van der Waals surface area (Å²) in [4.78, 5) is 24.5. The minimum Gasteiger partial charge on any atom is -0.386 e. The van der Waals surface area contributed by atoms with Gasteiger partial charge in [0, 0.05) is 34.9 Å². The molecule has 2 aromatic heterocycles. The Morgan fingerprint density at radius 2 is 2.04 bits per heavy atom. The first kappa shape index (κ1) is 16.4. The molecule has 2 N–H and O–H groups in total. The highest BCUT2D eigenvalue weighted by Gasteiger charge is 2.16. The number of aromatic nitrogens is 1. The molecular formula is C18H18N2O3S. The molecule has 3 aromatic rings. The topological polar surface area (TPSA) is 71.3 Å². The van der Waals surface area contributed by atoms with Gasteiger partial charge in [-0.25, -0.2) is 0 Å². The standard InChI is InChI=1S/C18H18N2O3S/c1-11(21)13-7-14(20(2)10-13)18(23)19-9-15(22)17-8-12-5-3-4-6-16(12)24-17/h3-8,10,15,22H,9H2,1-2H3,(H,19,23)/t15-/m1/s1. The van der Waals surface area contributed by atoms with Gasteiger partial charge in [0.2, 0.25) is 0 Å². The van der Waals surface area contributed by atoms with E-state index in [0.29, 0.717) is 11.3 Å². The third kappa shape index (κ3) is 3.25. The van der Waals surface area contributed by atoms with Crippen LogP contribution >= 0.6 is 11.3 Å². The van der Waals surface area contributed by atoms with Crippen molar-refractivity contribution in [3.63, 3.8) is 0 Å². The number of hydrogen-bond acceptors (Lipinski definition) is 4. The van der Waals surface area contributed by atoms with E-state index in [0.717, 1.165) is 15.0 Å². The van der Waals surface area contributed by atoms with E-state index < -0.39 is 6.10 Å². The maximum absolute atomic E-state index is 12.3. The summed E-state index contributed by atoms with van der Waals surface area (Å²) in [6, 6.07) is 11.4. The molecule has 2 heterocycles. The lowest BCUT2D eigenvalue weighted by Gasteiger charge is -2.10. The van der Waals surface area contributed by atoms with Crippen molar-refractivity contribution >= 4 is 33.1 Å². The molecule has 6 heteroatoms. The van der Waals surface area contributed by atoms with Crippen molar-refractivity contribution in [2.75, 3.05) is 6.54 Å². The number of carbonyl (C=O) groups is 2. The number of carbonyl (C=O) groups excluding carboxylic acids is 2. The molecule has 0 saturated heterocycles. The van der Waals surface area contributed by atoms with Crippen molar-refractivity contribution in [2.24, 2.45) is 7.05 Å². The molecule has 124 valence electrons. The fraction of sp³-hybridized carbons (Fsp3) is 0.222. The molecule has 0 bridgehead atoms. The second-order valence-electron chi connectivity index (χ2n) is 5.69. The number of benzene rings is 1. The molecule has 24 heavy (non-hydrogen) atoms. The maximum Gasteiger partial charge on any atom is 0.268 e. The summed E-state index contributed by atoms with van der Waals surface area (Å²) in [7, 11) is 1.71. The Morgan fingerprint density at radius 1 is 1.29 bits per heavy atom. The normalized spacial score (nSPS) is 12.3. The number of aliphatic hydroxyl groups is 1. The van der Waals surface area contributed by atoms with Crippen LogP contribution < -0.4 is 5.32 Å². The zero-order valence-electron chi connectivity index (χ0n) is 13.4. The monoisotopic (exact) mass is 342 g/mol. The molecule has 3 rings (SSSR count). The highest BCUT2D eigenvalue weighted by Crippen LogP contribution is 2.29. The van der Waals surface area contributed by atoms with Gasteiger partial charge in [0.05, 0.1) is 0 Å². The van der Waals surface area contributed by atoms with Crippen molar-refractivity contribution in [1.29, 1.82) is 0 Å². The summed E-state index contributed by atoms with van der Waals surface area (Å²) in [5, 5.41) is 14.1. The van der Waals surface area contributed by atoms with Crippen LogP contribution in [0.5, 0.6) is 0 Å². The number of nitrogens with one attached hydrogen (secondary N) is 1. The van der Waals surface area contributed by atoms with Crippen LogP contribution in [0.25, 0.3) is 10.1 Å². The van der Waals surface area contributed by atoms with Crippen LogP contribution in [-0.2, 0) is 7.05 Å². The molecule has 0 aliphatic rings. The number of aliphatic hydroxyl groups excluding tert-OH is 1. The average molecular weight is 342 g/mol. The first-order valence-electron chi connectivity index (χ1n) is 7.57. The molecule has 0 fully saturated rings. The zero-order valence-corrected chi connectivity index (χ0v) is 14.3. The molecule has 0 aliphatic carbocycles. The van der Waals surface area contributed by atoms with E-state index in [1.54, 1.807) is 23.9 Å². The van der Waals surface area contributed by atoms with Gasteiger partial charge in [0.15, 0.2) is 5.78 Å². The van der Waals surface area contributed by atoms with Crippen LogP contribution in [0, 0.1) is 0 Å². The molecule has 0 saturated carbocycles. The Kier molecular flexibility index (Phi) is 4.51. The van der Waals surface area contributed by atoms with Crippen LogP contribution in [0.4, 0.5) is 0 Å². The molecule has 0 unspecified atom stereocenters. The smallest absolute Gasteiger partial charge is 0.268 e. The first-order chi connectivity index (χ1) is 11.5. The van der Waals surface area contributed by atoms with Gasteiger partial charge in [0.25, 0.3) is 5.91 Å². The Hall–Kier alpha value is -2.44. The van der Waals surface area contributed by atoms with Crippen molar-refractivity contribution in [1.82, 2.24) is 9.88 Å². The number of aryl methyl sites for hydroxylation is 1. The van der Waals surface area contributed by atoms with Gasteiger partial charge < -0.3 is 15.0 Å². The number of fused-ring (bicyclic) bond motifs is 1. The second kappa shape index (κ2) is 6.59. The number of Topliss-reactive ketones (excluding diaryl/α,β-unsaturated/α-hetero) is 1. The summed E-state index contributed by atoms with van der Waals surface area (Å²) >= 11 is 1.51. The SMILES string of the molecule is CC(=O)c1cc(C(=O)NC[C@@H](O)c2cc3ccccc3s2)n(C)c1. The number of rotatable bonds is 5. The predicted octanol–water partition coefficient (Wildman–Crippen LogP) is 2.91. The molecular weight excluding hydrogens is 324 g/mol. The summed E-state index contributed by atoms with van der Waals surface area (Å²) < 4.78 is 2.71. The molecule has 1 atom stereocenters. The highest BCUT2D eigenvalue weighted by molar-refractivity contribution is 7.19. The number of hydrogen-bond donors (Lipinski definition) is 2. The van der Waals surface area contributed by atoms with Gasteiger partial charge >= 0.3 is 0 Å². The molecule has 1 aromatic carbocycles. The van der Waals surface area contributed by atoms with Gasteiger partial charge in [-0.05, 0) is 30.5 Å². The van der Waals surface area contributed by atoms with Crippen molar-refractivity contribution < 1.29 is 14.7 Å². The van der Waals surface area contributed by atoms with Crippen molar-refractivity contribution in [3.05, 3.63) is 58.7 Å². The highest BCUT2D eigenvalue weighted by atomic mass is 32.1. The number of amides is 1. The van der Waals surface area contributed by atoms with E-state index in [4.69, 9.17) is 0 Å². The largest absolute Gasteiger partial charge is 0.386 e. The van der Waals surface area contributed by atoms with Gasteiger partial charge in [-0.15, -0.1) is 11.3 Å². The predicted molar refractivity (Wildman–Crippen MR) is 94.5 cm³/mol. The van der Waals surface area contributed by atoms with Crippen LogP contribution in [0.3, 0.4) is 0 Å². The Balaban J connectivity index is 1.68. The van der Waals surface area contributed by atoms with E-state index >= 15 is 0 Å². The van der Waals surface area contributed by atoms with Crippen molar-refractivity contribution in [2.45, 2.75) is 13.0 Å². The van der Waals surface area contributed by atoms with E-state index in [-0.39, 0.29) is 18.2 Å². The van der Waals surface area contributed by atoms with E-state index in [1.807, 2.05) is 30.3 Å². The lowest BCUT2D eigenvalue weighted by molar-refractivity contribution is 0.0910. The number of nitrogens with zero attached hydrogens (tertiary/aromatic N) is 1. The van der Waals surface area contributed by atoms with Gasteiger partial charge in [-0.1, -0.05) is 18.2 Å². The molecule has 0 radical (unpaired) electrons. The van der Waals surface area contributed by atoms with Crippen LogP contribution in [-0.4, -0.2) is 27.9 Å². The Morgan fingerprint density at radius 3 is 2.71 bits per heavy atom. The van der Waals surface area contributed by atoms with E-state index in [9.17, 15) is 14.7 Å². The van der Waals surface area contributed by atoms with Crippen molar-refractivity contribution in [3.8, 4) is 0 Å². The molecule has 0 aliphatic heterocycles. The number of thiophene rings is 1. The third-order valence-corrected chi connectivity index (χ3v) is 5.09. The molecule has 0 spiro atoms. The maximum atomic E-state index is 12.3. The lowest BCUT2D eigenvalue weighted by atomic mass is 10.2. The minimum atomic E-state index is -0.765. The van der Waals surface area contributed by atoms with Crippen LogP contribution in [0.2, 0.25) is 0 Å². The van der Waals surface area contributed by atoms with E-state index in [2.05, 4.69) is 5.32 Å². The molecule has 5 nitrogen and oxygen atoms in total. The fourth-order valence-electron chi connectivity index (χ4n) is 2.53. The quantitative estimate of drug-likeness (QED) is 0.700. The summed E-state index contributed by atoms with van der Waals surface area (Å²) in [6.45, 7) is 1.58. The minimum absolute atomic E-state index is 0.0880. The average Bonchev–Trinajstić information content (AvgIpc) is 3.15. The molecule has 1 amide bonds. The van der Waals surface area contributed by atoms with Crippen LogP contribution in [0.15, 0.2) is 42.6 Å². The number of ketones is 1. The third-order valence-electron chi connectivity index (χ3n) is 3.87. The lowest BCUT2D eigenvalue weighted by Crippen LogP contribution is -2.29. The van der Waals surface area contributed by atoms with Gasteiger partial charge in [-0.2, -0.15) is 0 Å². The first-order valence-corrected chi connectivity index (χ1v) is 8.39. The Labute approximate surface area is 143 Å². The fourth-order valence-corrected chi connectivity index (χ4v) is 3.58. The Bertz CT molecular complexity index is 877. The van der Waals surface area contributed by atoms with Crippen LogP contribution in [0.1, 0.15) is 38.8 Å². The second-order valence-corrected chi connectivity index (χ2v) is 6.81. The van der Waals surface area contributed by atoms with Gasteiger partial charge in [-0.3, -0.25) is 9.59 Å². The zero-order chi connectivity index (χ0) is 17.3. The summed E-state index contributed by atoms with van der Waals surface area (Å²) in [5.74, 6) is -0.403. The summed E-state index contributed by atoms with van der Waals surface area (Å²) in [6.07, 6.45) is 0.860. The van der Waals surface area contributed by atoms with Gasteiger partial charge in [0.1, 0.15) is 11.8 Å².